The van der Waals surface area contributed by atoms with Crippen molar-refractivity contribution in [2.24, 2.45) is 0 Å². The van der Waals surface area contributed by atoms with E-state index in [1.54, 1.807) is 17.5 Å². The minimum absolute atomic E-state index is 0.529. The van der Waals surface area contributed by atoms with Crippen molar-refractivity contribution < 1.29 is 4.74 Å². The molecule has 0 atom stereocenters. The quantitative estimate of drug-likeness (QED) is 0.753. The zero-order chi connectivity index (χ0) is 11.4. The summed E-state index contributed by atoms with van der Waals surface area (Å²) >= 11 is 8.52. The molecule has 2 nitrogen and oxygen atoms in total. The normalized spacial score (nSPS) is 10.4. The Morgan fingerprint density at radius 3 is 2.94 bits per heavy atom. The van der Waals surface area contributed by atoms with Crippen LogP contribution in [0.15, 0.2) is 34.2 Å². The standard InChI is InChI=1S/C11H9Br2NOS/c12-6-8-5-9(1-2-10(8)13)15-7-11-14-3-4-16-11/h1-5H,6-7H2. The van der Waals surface area contributed by atoms with Crippen LogP contribution in [0.5, 0.6) is 5.75 Å². The maximum Gasteiger partial charge on any atom is 0.140 e. The highest BCUT2D eigenvalue weighted by atomic mass is 79.9. The molecule has 0 saturated heterocycles. The van der Waals surface area contributed by atoms with E-state index in [0.29, 0.717) is 6.61 Å². The van der Waals surface area contributed by atoms with Crippen molar-refractivity contribution in [3.05, 3.63) is 44.8 Å². The molecule has 1 aromatic carbocycles. The third-order valence-electron chi connectivity index (χ3n) is 2.01. The van der Waals surface area contributed by atoms with Crippen molar-refractivity contribution in [2.45, 2.75) is 11.9 Å². The summed E-state index contributed by atoms with van der Waals surface area (Å²) in [6.07, 6.45) is 1.79. The van der Waals surface area contributed by atoms with Crippen LogP contribution in [0.25, 0.3) is 0 Å². The van der Waals surface area contributed by atoms with Crippen LogP contribution in [0.3, 0.4) is 0 Å². The Bertz CT molecular complexity index is 459. The number of halogens is 2. The van der Waals surface area contributed by atoms with E-state index in [9.17, 15) is 0 Å². The van der Waals surface area contributed by atoms with Gasteiger partial charge in [-0.2, -0.15) is 0 Å². The molecule has 0 amide bonds. The predicted octanol–water partition coefficient (Wildman–Crippen LogP) is 4.38. The minimum Gasteiger partial charge on any atom is -0.486 e. The first kappa shape index (κ1) is 12.1. The van der Waals surface area contributed by atoms with E-state index in [0.717, 1.165) is 20.6 Å². The van der Waals surface area contributed by atoms with Crippen molar-refractivity contribution >= 4 is 43.2 Å². The van der Waals surface area contributed by atoms with Crippen LogP contribution in [-0.2, 0) is 11.9 Å². The van der Waals surface area contributed by atoms with Crippen molar-refractivity contribution in [3.63, 3.8) is 0 Å². The first-order valence-electron chi connectivity index (χ1n) is 4.65. The molecule has 0 saturated carbocycles. The number of ether oxygens (including phenoxy) is 1. The number of hydrogen-bond acceptors (Lipinski definition) is 3. The van der Waals surface area contributed by atoms with E-state index in [1.807, 2.05) is 23.6 Å². The lowest BCUT2D eigenvalue weighted by molar-refractivity contribution is 0.305. The van der Waals surface area contributed by atoms with E-state index in [4.69, 9.17) is 4.74 Å². The van der Waals surface area contributed by atoms with Gasteiger partial charge in [-0.25, -0.2) is 4.98 Å². The number of aromatic nitrogens is 1. The van der Waals surface area contributed by atoms with Gasteiger partial charge in [0.2, 0.25) is 0 Å². The number of benzene rings is 1. The summed E-state index contributed by atoms with van der Waals surface area (Å²) in [4.78, 5) is 4.17. The van der Waals surface area contributed by atoms with Crippen LogP contribution >= 0.6 is 43.2 Å². The zero-order valence-corrected chi connectivity index (χ0v) is 12.3. The molecule has 2 rings (SSSR count). The van der Waals surface area contributed by atoms with E-state index < -0.39 is 0 Å². The van der Waals surface area contributed by atoms with Crippen LogP contribution in [-0.4, -0.2) is 4.98 Å². The van der Waals surface area contributed by atoms with Gasteiger partial charge in [-0.05, 0) is 23.8 Å². The van der Waals surface area contributed by atoms with Crippen LogP contribution in [0.1, 0.15) is 10.6 Å². The smallest absolute Gasteiger partial charge is 0.140 e. The summed E-state index contributed by atoms with van der Waals surface area (Å²) < 4.78 is 6.74. The lowest BCUT2D eigenvalue weighted by atomic mass is 10.2. The molecule has 0 aliphatic rings. The highest BCUT2D eigenvalue weighted by molar-refractivity contribution is 9.10. The van der Waals surface area contributed by atoms with E-state index >= 15 is 0 Å². The molecule has 0 radical (unpaired) electrons. The van der Waals surface area contributed by atoms with Gasteiger partial charge in [0.05, 0.1) is 0 Å². The topological polar surface area (TPSA) is 22.1 Å². The number of rotatable bonds is 4. The molecule has 0 aliphatic heterocycles. The number of nitrogens with zero attached hydrogens (tertiary/aromatic N) is 1. The molecular formula is C11H9Br2NOS. The maximum atomic E-state index is 5.65. The van der Waals surface area contributed by atoms with E-state index in [-0.39, 0.29) is 0 Å². The van der Waals surface area contributed by atoms with Gasteiger partial charge in [-0.15, -0.1) is 11.3 Å². The van der Waals surface area contributed by atoms with Crippen LogP contribution < -0.4 is 4.74 Å². The highest BCUT2D eigenvalue weighted by Crippen LogP contribution is 2.25. The molecule has 2 aromatic rings. The number of thiazole rings is 1. The van der Waals surface area contributed by atoms with Crippen LogP contribution in [0, 0.1) is 0 Å². The molecule has 0 bridgehead atoms. The van der Waals surface area contributed by atoms with Gasteiger partial charge in [-0.1, -0.05) is 31.9 Å². The molecule has 0 fully saturated rings. The summed E-state index contributed by atoms with van der Waals surface area (Å²) in [6.45, 7) is 0.529. The molecule has 0 unspecified atom stereocenters. The fourth-order valence-corrected chi connectivity index (χ4v) is 2.97. The summed E-state index contributed by atoms with van der Waals surface area (Å²) in [6, 6.07) is 5.96. The van der Waals surface area contributed by atoms with Gasteiger partial charge in [0.25, 0.3) is 0 Å². The lowest BCUT2D eigenvalue weighted by Crippen LogP contribution is -1.95. The average molecular weight is 363 g/mol. The molecule has 5 heteroatoms. The molecular weight excluding hydrogens is 354 g/mol. The second-order valence-corrected chi connectivity index (χ2v) is 5.50. The summed E-state index contributed by atoms with van der Waals surface area (Å²) in [5, 5.41) is 3.75. The van der Waals surface area contributed by atoms with E-state index in [1.165, 1.54) is 5.56 Å². The summed E-state index contributed by atoms with van der Waals surface area (Å²) in [5.74, 6) is 0.868. The lowest BCUT2D eigenvalue weighted by Gasteiger charge is -2.06. The average Bonchev–Trinajstić information content (AvgIpc) is 2.81. The Hall–Kier alpha value is -0.390. The largest absolute Gasteiger partial charge is 0.486 e. The maximum absolute atomic E-state index is 5.65. The first-order chi connectivity index (χ1) is 7.79. The van der Waals surface area contributed by atoms with Gasteiger partial charge in [-0.3, -0.25) is 0 Å². The predicted molar refractivity (Wildman–Crippen MR) is 73.2 cm³/mol. The highest BCUT2D eigenvalue weighted by Gasteiger charge is 2.02. The minimum atomic E-state index is 0.529. The molecule has 0 spiro atoms. The number of hydrogen-bond donors (Lipinski definition) is 0. The van der Waals surface area contributed by atoms with Gasteiger partial charge < -0.3 is 4.74 Å². The molecule has 84 valence electrons. The zero-order valence-electron chi connectivity index (χ0n) is 8.32. The monoisotopic (exact) mass is 361 g/mol. The molecule has 1 aromatic heterocycles. The first-order valence-corrected chi connectivity index (χ1v) is 7.44. The van der Waals surface area contributed by atoms with Crippen LogP contribution in [0.4, 0.5) is 0 Å². The van der Waals surface area contributed by atoms with Gasteiger partial charge >= 0.3 is 0 Å². The summed E-state index contributed by atoms with van der Waals surface area (Å²) in [5.41, 5.74) is 1.18. The van der Waals surface area contributed by atoms with Crippen molar-refractivity contribution in [3.8, 4) is 5.75 Å². The molecule has 0 N–H and O–H groups in total. The third-order valence-corrected chi connectivity index (χ3v) is 4.14. The van der Waals surface area contributed by atoms with E-state index in [2.05, 4.69) is 36.8 Å². The Morgan fingerprint density at radius 1 is 1.38 bits per heavy atom. The Labute approximate surface area is 115 Å². The third kappa shape index (κ3) is 3.06. The summed E-state index contributed by atoms with van der Waals surface area (Å²) in [7, 11) is 0. The van der Waals surface area contributed by atoms with Gasteiger partial charge in [0, 0.05) is 21.4 Å². The van der Waals surface area contributed by atoms with Gasteiger partial charge in [0.15, 0.2) is 0 Å². The van der Waals surface area contributed by atoms with Gasteiger partial charge in [0.1, 0.15) is 17.4 Å². The Kier molecular flexibility index (Phi) is 4.37. The Morgan fingerprint density at radius 2 is 2.25 bits per heavy atom. The Balaban J connectivity index is 2.04. The SMILES string of the molecule is BrCc1cc(OCc2nccs2)ccc1Br. The molecule has 16 heavy (non-hydrogen) atoms. The fraction of sp³-hybridized carbons (Fsp3) is 0.182. The second kappa shape index (κ2) is 5.80. The van der Waals surface area contributed by atoms with Crippen molar-refractivity contribution in [1.29, 1.82) is 0 Å². The second-order valence-electron chi connectivity index (χ2n) is 3.10. The fourth-order valence-electron chi connectivity index (χ4n) is 1.21. The number of alkyl halides is 1. The molecule has 1 heterocycles. The molecule has 0 aliphatic carbocycles. The van der Waals surface area contributed by atoms with Crippen LogP contribution in [0.2, 0.25) is 0 Å². The van der Waals surface area contributed by atoms with Crippen molar-refractivity contribution in [1.82, 2.24) is 4.98 Å². The van der Waals surface area contributed by atoms with Crippen molar-refractivity contribution in [2.75, 3.05) is 0 Å².